The molecule has 0 fully saturated rings. The number of esters is 1. The van der Waals surface area contributed by atoms with Gasteiger partial charge in [-0.05, 0) is 67.1 Å². The van der Waals surface area contributed by atoms with Gasteiger partial charge in [0.25, 0.3) is 5.91 Å². The average molecular weight is 427 g/mol. The van der Waals surface area contributed by atoms with Gasteiger partial charge in [0.15, 0.2) is 0 Å². The minimum atomic E-state index is -0.430. The molecule has 0 spiro atoms. The highest BCUT2D eigenvalue weighted by Gasteiger charge is 2.08. The van der Waals surface area contributed by atoms with Crippen molar-refractivity contribution in [2.75, 3.05) is 0 Å². The van der Waals surface area contributed by atoms with Crippen LogP contribution in [0.25, 0.3) is 0 Å². The molecule has 0 saturated carbocycles. The van der Waals surface area contributed by atoms with Gasteiger partial charge in [-0.3, -0.25) is 4.79 Å². The Kier molecular flexibility index (Phi) is 6.65. The zero-order chi connectivity index (χ0) is 20.8. The number of hydrogen-bond acceptors (Lipinski definition) is 4. The highest BCUT2D eigenvalue weighted by atomic mass is 35.5. The van der Waals surface area contributed by atoms with Crippen molar-refractivity contribution in [3.05, 3.63) is 99.0 Å². The van der Waals surface area contributed by atoms with Gasteiger partial charge in [0, 0.05) is 5.56 Å². The first kappa shape index (κ1) is 20.6. The van der Waals surface area contributed by atoms with Crippen molar-refractivity contribution in [1.82, 2.24) is 5.43 Å². The molecule has 0 saturated heterocycles. The summed E-state index contributed by atoms with van der Waals surface area (Å²) in [6.45, 7) is 1.95. The van der Waals surface area contributed by atoms with Gasteiger partial charge in [-0.15, -0.1) is 0 Å². The first-order valence-electron chi connectivity index (χ1n) is 8.60. The molecule has 3 aromatic rings. The number of halogens is 2. The third-order valence-electron chi connectivity index (χ3n) is 3.94. The second-order valence-electron chi connectivity index (χ2n) is 6.15. The topological polar surface area (TPSA) is 67.8 Å². The molecule has 146 valence electrons. The van der Waals surface area contributed by atoms with Gasteiger partial charge in [-0.1, -0.05) is 40.9 Å². The number of benzene rings is 3. The predicted octanol–water partition coefficient (Wildman–Crippen LogP) is 5.28. The Balaban J connectivity index is 1.57. The second kappa shape index (κ2) is 9.37. The molecule has 0 aromatic heterocycles. The van der Waals surface area contributed by atoms with Crippen LogP contribution in [0.1, 0.15) is 31.8 Å². The number of carbonyl (C=O) groups excluding carboxylic acids is 2. The Bertz CT molecular complexity index is 1060. The van der Waals surface area contributed by atoms with Gasteiger partial charge >= 0.3 is 5.97 Å². The van der Waals surface area contributed by atoms with Crippen molar-refractivity contribution >= 4 is 41.3 Å². The van der Waals surface area contributed by atoms with Gasteiger partial charge in [0.05, 0.1) is 21.8 Å². The normalized spacial score (nSPS) is 10.7. The van der Waals surface area contributed by atoms with Crippen LogP contribution < -0.4 is 10.2 Å². The van der Waals surface area contributed by atoms with E-state index < -0.39 is 11.9 Å². The lowest BCUT2D eigenvalue weighted by atomic mass is 10.1. The van der Waals surface area contributed by atoms with Gasteiger partial charge in [0.2, 0.25) is 0 Å². The zero-order valence-electron chi connectivity index (χ0n) is 15.4. The van der Waals surface area contributed by atoms with E-state index >= 15 is 0 Å². The molecule has 5 nitrogen and oxygen atoms in total. The SMILES string of the molecule is Cc1ccc(C(=O)Oc2ccc(C=NNC(=O)c3ccc(Cl)c(Cl)c3)cc2)cc1. The third-order valence-corrected chi connectivity index (χ3v) is 4.68. The van der Waals surface area contributed by atoms with Gasteiger partial charge < -0.3 is 4.74 Å². The predicted molar refractivity (Wildman–Crippen MR) is 114 cm³/mol. The molecule has 7 heteroatoms. The Labute approximate surface area is 177 Å². The average Bonchev–Trinajstić information content (AvgIpc) is 2.71. The lowest BCUT2D eigenvalue weighted by molar-refractivity contribution is 0.0734. The third kappa shape index (κ3) is 5.67. The molecular formula is C22H16Cl2N2O3. The Morgan fingerprint density at radius 1 is 0.897 bits per heavy atom. The Hall–Kier alpha value is -3.15. The summed E-state index contributed by atoms with van der Waals surface area (Å²) in [6.07, 6.45) is 1.47. The molecule has 1 N–H and O–H groups in total. The molecule has 0 heterocycles. The van der Waals surface area contributed by atoms with E-state index in [2.05, 4.69) is 10.5 Å². The summed E-state index contributed by atoms with van der Waals surface area (Å²) in [5, 5.41) is 4.57. The maximum absolute atomic E-state index is 12.1. The summed E-state index contributed by atoms with van der Waals surface area (Å²) in [5.74, 6) is -0.434. The minimum absolute atomic E-state index is 0.291. The van der Waals surface area contributed by atoms with E-state index in [-0.39, 0.29) is 0 Å². The van der Waals surface area contributed by atoms with E-state index in [1.807, 2.05) is 19.1 Å². The molecular weight excluding hydrogens is 411 g/mol. The fourth-order valence-corrected chi connectivity index (χ4v) is 2.64. The Morgan fingerprint density at radius 2 is 1.55 bits per heavy atom. The molecule has 29 heavy (non-hydrogen) atoms. The smallest absolute Gasteiger partial charge is 0.343 e. The van der Waals surface area contributed by atoms with Crippen molar-refractivity contribution in [2.24, 2.45) is 5.10 Å². The zero-order valence-corrected chi connectivity index (χ0v) is 16.9. The van der Waals surface area contributed by atoms with Crippen molar-refractivity contribution in [1.29, 1.82) is 0 Å². The Morgan fingerprint density at radius 3 is 2.21 bits per heavy atom. The number of hydrazone groups is 1. The standard InChI is InChI=1S/C22H16Cl2N2O3/c1-14-2-6-16(7-3-14)22(28)29-18-9-4-15(5-10-18)13-25-26-21(27)17-8-11-19(23)20(24)12-17/h2-13H,1H3,(H,26,27). The van der Waals surface area contributed by atoms with E-state index in [9.17, 15) is 9.59 Å². The summed E-state index contributed by atoms with van der Waals surface area (Å²) in [6, 6.07) is 18.4. The molecule has 3 aromatic carbocycles. The lowest BCUT2D eigenvalue weighted by Crippen LogP contribution is -2.17. The van der Waals surface area contributed by atoms with Crippen LogP contribution in [0, 0.1) is 6.92 Å². The monoisotopic (exact) mass is 426 g/mol. The number of nitrogens with one attached hydrogen (secondary N) is 1. The first-order chi connectivity index (χ1) is 13.9. The molecule has 0 radical (unpaired) electrons. The van der Waals surface area contributed by atoms with Crippen LogP contribution in [-0.2, 0) is 0 Å². The van der Waals surface area contributed by atoms with Crippen LogP contribution in [0.5, 0.6) is 5.75 Å². The number of carbonyl (C=O) groups is 2. The van der Waals surface area contributed by atoms with E-state index in [1.165, 1.54) is 12.3 Å². The highest BCUT2D eigenvalue weighted by molar-refractivity contribution is 6.42. The molecule has 0 aliphatic rings. The molecule has 0 unspecified atom stereocenters. The van der Waals surface area contributed by atoms with Crippen molar-refractivity contribution in [3.63, 3.8) is 0 Å². The van der Waals surface area contributed by atoms with Crippen LogP contribution in [-0.4, -0.2) is 18.1 Å². The van der Waals surface area contributed by atoms with E-state index in [4.69, 9.17) is 27.9 Å². The molecule has 1 amide bonds. The fraction of sp³-hybridized carbons (Fsp3) is 0.0455. The van der Waals surface area contributed by atoms with Crippen LogP contribution >= 0.6 is 23.2 Å². The highest BCUT2D eigenvalue weighted by Crippen LogP contribution is 2.22. The van der Waals surface area contributed by atoms with Crippen molar-refractivity contribution in [3.8, 4) is 5.75 Å². The fourth-order valence-electron chi connectivity index (χ4n) is 2.34. The van der Waals surface area contributed by atoms with E-state index in [0.717, 1.165) is 11.1 Å². The van der Waals surface area contributed by atoms with Gasteiger partial charge in [-0.25, -0.2) is 10.2 Å². The number of aryl methyl sites for hydroxylation is 1. The molecule has 0 aliphatic carbocycles. The minimum Gasteiger partial charge on any atom is -0.423 e. The molecule has 0 atom stereocenters. The van der Waals surface area contributed by atoms with Gasteiger partial charge in [0.1, 0.15) is 5.75 Å². The number of hydrogen-bond donors (Lipinski definition) is 1. The van der Waals surface area contributed by atoms with E-state index in [0.29, 0.717) is 26.9 Å². The molecule has 3 rings (SSSR count). The van der Waals surface area contributed by atoms with Crippen LogP contribution in [0.15, 0.2) is 71.8 Å². The summed E-state index contributed by atoms with van der Waals surface area (Å²) in [4.78, 5) is 24.2. The summed E-state index contributed by atoms with van der Waals surface area (Å²) < 4.78 is 5.34. The van der Waals surface area contributed by atoms with E-state index in [1.54, 1.807) is 48.5 Å². The number of ether oxygens (including phenoxy) is 1. The van der Waals surface area contributed by atoms with Crippen LogP contribution in [0.2, 0.25) is 10.0 Å². The number of nitrogens with zero attached hydrogens (tertiary/aromatic N) is 1. The van der Waals surface area contributed by atoms with Gasteiger partial charge in [-0.2, -0.15) is 5.10 Å². The summed E-state index contributed by atoms with van der Waals surface area (Å²) >= 11 is 11.7. The maximum atomic E-state index is 12.1. The first-order valence-corrected chi connectivity index (χ1v) is 9.35. The molecule has 0 bridgehead atoms. The maximum Gasteiger partial charge on any atom is 0.343 e. The largest absolute Gasteiger partial charge is 0.423 e. The second-order valence-corrected chi connectivity index (χ2v) is 6.97. The number of rotatable bonds is 5. The summed E-state index contributed by atoms with van der Waals surface area (Å²) in [7, 11) is 0. The lowest BCUT2D eigenvalue weighted by Gasteiger charge is -2.05. The van der Waals surface area contributed by atoms with Crippen LogP contribution in [0.3, 0.4) is 0 Å². The molecule has 0 aliphatic heterocycles. The van der Waals surface area contributed by atoms with Crippen molar-refractivity contribution in [2.45, 2.75) is 6.92 Å². The number of amides is 1. The van der Waals surface area contributed by atoms with Crippen LogP contribution in [0.4, 0.5) is 0 Å². The summed E-state index contributed by atoms with van der Waals surface area (Å²) in [5.41, 5.74) is 5.01. The quantitative estimate of drug-likeness (QED) is 0.261. The van der Waals surface area contributed by atoms with Crippen molar-refractivity contribution < 1.29 is 14.3 Å².